The number of hydrogen-bond donors (Lipinski definition) is 1. The number of fused-ring (bicyclic) bond motifs is 1. The summed E-state index contributed by atoms with van der Waals surface area (Å²) in [5.41, 5.74) is 0.331. The second-order valence-electron chi connectivity index (χ2n) is 6.22. The van der Waals surface area contributed by atoms with Crippen molar-refractivity contribution in [1.82, 2.24) is 14.9 Å². The molecule has 1 N–H and O–H groups in total. The number of nitrogens with zero attached hydrogens (tertiary/aromatic N) is 2. The molecule has 27 heavy (non-hydrogen) atoms. The Morgan fingerprint density at radius 3 is 2.70 bits per heavy atom. The number of para-hydroxylation sites is 2. The van der Waals surface area contributed by atoms with Crippen LogP contribution in [-0.2, 0) is 11.8 Å². The lowest BCUT2D eigenvalue weighted by atomic mass is 10.0. The van der Waals surface area contributed by atoms with Crippen molar-refractivity contribution < 1.29 is 18.7 Å². The Bertz CT molecular complexity index is 972. The van der Waals surface area contributed by atoms with E-state index < -0.39 is 23.9 Å². The van der Waals surface area contributed by atoms with Gasteiger partial charge in [0, 0.05) is 25.0 Å². The Balaban J connectivity index is 1.60. The first kappa shape index (κ1) is 17.1. The van der Waals surface area contributed by atoms with E-state index in [-0.39, 0.29) is 6.61 Å². The van der Waals surface area contributed by atoms with Gasteiger partial charge in [0.25, 0.3) is 5.91 Å². The second kappa shape index (κ2) is 7.11. The summed E-state index contributed by atoms with van der Waals surface area (Å²) in [6.07, 6.45) is 2.51. The van der Waals surface area contributed by atoms with Crippen molar-refractivity contribution in [3.8, 4) is 11.5 Å². The summed E-state index contributed by atoms with van der Waals surface area (Å²) >= 11 is 0. The minimum absolute atomic E-state index is 0.0768. The molecule has 0 saturated carbocycles. The first-order valence-electron chi connectivity index (χ1n) is 8.54. The fourth-order valence-corrected chi connectivity index (χ4v) is 3.03. The third kappa shape index (κ3) is 3.36. The number of amides is 1. The van der Waals surface area contributed by atoms with Crippen molar-refractivity contribution in [2.24, 2.45) is 7.05 Å². The Kier molecular flexibility index (Phi) is 4.50. The fourth-order valence-electron chi connectivity index (χ4n) is 3.03. The Morgan fingerprint density at radius 1 is 1.22 bits per heavy atom. The van der Waals surface area contributed by atoms with Crippen LogP contribution in [0.3, 0.4) is 0 Å². The van der Waals surface area contributed by atoms with Gasteiger partial charge < -0.3 is 19.4 Å². The van der Waals surface area contributed by atoms with Crippen LogP contribution in [0, 0.1) is 5.82 Å². The molecule has 3 aromatic rings. The molecule has 0 saturated heterocycles. The van der Waals surface area contributed by atoms with Crippen LogP contribution in [0.5, 0.6) is 11.5 Å². The third-order valence-corrected chi connectivity index (χ3v) is 4.42. The zero-order valence-corrected chi connectivity index (χ0v) is 14.6. The molecule has 2 aromatic carbocycles. The lowest BCUT2D eigenvalue weighted by Gasteiger charge is -2.27. The van der Waals surface area contributed by atoms with Gasteiger partial charge in [-0.25, -0.2) is 9.37 Å². The van der Waals surface area contributed by atoms with Gasteiger partial charge in [-0.2, -0.15) is 0 Å². The number of carbonyl (C=O) groups is 1. The second-order valence-corrected chi connectivity index (χ2v) is 6.22. The largest absolute Gasteiger partial charge is 0.485 e. The van der Waals surface area contributed by atoms with Crippen LogP contribution < -0.4 is 14.8 Å². The topological polar surface area (TPSA) is 65.4 Å². The monoisotopic (exact) mass is 367 g/mol. The summed E-state index contributed by atoms with van der Waals surface area (Å²) in [6, 6.07) is 12.7. The number of nitrogens with one attached hydrogen (secondary N) is 1. The number of aryl methyl sites for hydroxylation is 1. The molecule has 1 aromatic heterocycles. The molecule has 0 aliphatic carbocycles. The molecule has 138 valence electrons. The molecule has 1 aliphatic rings. The maximum Gasteiger partial charge on any atom is 0.265 e. The quantitative estimate of drug-likeness (QED) is 0.770. The molecule has 7 heteroatoms. The molecule has 4 rings (SSSR count). The van der Waals surface area contributed by atoms with Crippen molar-refractivity contribution >= 4 is 5.91 Å². The summed E-state index contributed by atoms with van der Waals surface area (Å²) in [5.74, 6) is 0.794. The van der Waals surface area contributed by atoms with Crippen LogP contribution in [0.1, 0.15) is 17.4 Å². The molecule has 0 radical (unpaired) electrons. The van der Waals surface area contributed by atoms with Gasteiger partial charge in [0.05, 0.1) is 0 Å². The van der Waals surface area contributed by atoms with Crippen molar-refractivity contribution in [2.75, 3.05) is 6.61 Å². The van der Waals surface area contributed by atoms with Gasteiger partial charge in [-0.15, -0.1) is 0 Å². The standard InChI is InChI=1S/C20H18FN3O3/c1-24-11-10-22-19(24)18(13-6-2-3-7-14(13)21)23-20(25)17-12-26-15-8-4-5-9-16(15)27-17/h2-11,17-18H,12H2,1H3,(H,23,25)/t17-,18+/m1/s1. The SMILES string of the molecule is Cn1ccnc1[C@@H](NC(=O)[C@H]1COc2ccccc2O1)c1ccccc1F. The first-order valence-corrected chi connectivity index (χ1v) is 8.54. The lowest BCUT2D eigenvalue weighted by Crippen LogP contribution is -2.46. The number of rotatable bonds is 4. The molecular formula is C20H18FN3O3. The molecule has 0 unspecified atom stereocenters. The van der Waals surface area contributed by atoms with E-state index in [0.717, 1.165) is 0 Å². The van der Waals surface area contributed by atoms with E-state index in [1.165, 1.54) is 6.07 Å². The lowest BCUT2D eigenvalue weighted by molar-refractivity contribution is -0.130. The van der Waals surface area contributed by atoms with E-state index in [2.05, 4.69) is 10.3 Å². The Morgan fingerprint density at radius 2 is 1.96 bits per heavy atom. The third-order valence-electron chi connectivity index (χ3n) is 4.42. The highest BCUT2D eigenvalue weighted by Crippen LogP contribution is 2.31. The predicted molar refractivity (Wildman–Crippen MR) is 95.9 cm³/mol. The van der Waals surface area contributed by atoms with E-state index in [4.69, 9.17) is 9.47 Å². The normalized spacial score (nSPS) is 16.6. The van der Waals surface area contributed by atoms with Crippen molar-refractivity contribution in [3.63, 3.8) is 0 Å². The predicted octanol–water partition coefficient (Wildman–Crippen LogP) is 2.60. The number of halogens is 1. The highest BCUT2D eigenvalue weighted by Gasteiger charge is 2.31. The number of carbonyl (C=O) groups excluding carboxylic acids is 1. The first-order chi connectivity index (χ1) is 13.1. The summed E-state index contributed by atoms with van der Waals surface area (Å²) < 4.78 is 27.5. The van der Waals surface area contributed by atoms with Gasteiger partial charge in [0.1, 0.15) is 24.3 Å². The van der Waals surface area contributed by atoms with Gasteiger partial charge in [0.15, 0.2) is 11.5 Å². The maximum absolute atomic E-state index is 14.4. The molecule has 2 atom stereocenters. The van der Waals surface area contributed by atoms with Crippen LogP contribution in [0.2, 0.25) is 0 Å². The summed E-state index contributed by atoms with van der Waals surface area (Å²) in [7, 11) is 1.79. The van der Waals surface area contributed by atoms with Gasteiger partial charge in [-0.3, -0.25) is 4.79 Å². The van der Waals surface area contributed by atoms with Gasteiger partial charge in [-0.05, 0) is 18.2 Å². The van der Waals surface area contributed by atoms with Gasteiger partial charge in [0.2, 0.25) is 6.10 Å². The summed E-state index contributed by atoms with van der Waals surface area (Å²) in [4.78, 5) is 17.1. The Labute approximate surface area is 155 Å². The summed E-state index contributed by atoms with van der Waals surface area (Å²) in [6.45, 7) is 0.0768. The Hall–Kier alpha value is -3.35. The average Bonchev–Trinajstić information content (AvgIpc) is 3.12. The molecule has 1 amide bonds. The van der Waals surface area contributed by atoms with Crippen LogP contribution >= 0.6 is 0 Å². The number of hydrogen-bond acceptors (Lipinski definition) is 4. The van der Waals surface area contributed by atoms with Crippen LogP contribution in [0.25, 0.3) is 0 Å². The van der Waals surface area contributed by atoms with E-state index in [1.54, 1.807) is 60.4 Å². The van der Waals surface area contributed by atoms with E-state index in [0.29, 0.717) is 22.9 Å². The minimum Gasteiger partial charge on any atom is -0.485 e. The number of imidazole rings is 1. The van der Waals surface area contributed by atoms with Crippen molar-refractivity contribution in [2.45, 2.75) is 12.1 Å². The highest BCUT2D eigenvalue weighted by molar-refractivity contribution is 5.82. The van der Waals surface area contributed by atoms with Crippen molar-refractivity contribution in [3.05, 3.63) is 78.1 Å². The van der Waals surface area contributed by atoms with Crippen molar-refractivity contribution in [1.29, 1.82) is 0 Å². The zero-order valence-electron chi connectivity index (χ0n) is 14.6. The minimum atomic E-state index is -0.838. The smallest absolute Gasteiger partial charge is 0.265 e. The number of benzene rings is 2. The molecular weight excluding hydrogens is 349 g/mol. The maximum atomic E-state index is 14.4. The summed E-state index contributed by atoms with van der Waals surface area (Å²) in [5, 5.41) is 2.85. The van der Waals surface area contributed by atoms with Crippen LogP contribution in [-0.4, -0.2) is 28.2 Å². The molecule has 2 heterocycles. The molecule has 1 aliphatic heterocycles. The molecule has 0 bridgehead atoms. The average molecular weight is 367 g/mol. The molecule has 0 spiro atoms. The van der Waals surface area contributed by atoms with Gasteiger partial charge in [-0.1, -0.05) is 30.3 Å². The molecule has 6 nitrogen and oxygen atoms in total. The van der Waals surface area contributed by atoms with Crippen LogP contribution in [0.15, 0.2) is 60.9 Å². The highest BCUT2D eigenvalue weighted by atomic mass is 19.1. The number of aromatic nitrogens is 2. The fraction of sp³-hybridized carbons (Fsp3) is 0.200. The van der Waals surface area contributed by atoms with E-state index in [9.17, 15) is 9.18 Å². The number of ether oxygens (including phenoxy) is 2. The zero-order chi connectivity index (χ0) is 18.8. The van der Waals surface area contributed by atoms with Gasteiger partial charge >= 0.3 is 0 Å². The van der Waals surface area contributed by atoms with Crippen LogP contribution in [0.4, 0.5) is 4.39 Å². The van der Waals surface area contributed by atoms with E-state index in [1.807, 2.05) is 6.07 Å². The van der Waals surface area contributed by atoms with E-state index >= 15 is 0 Å². The molecule has 0 fully saturated rings.